The molecular weight excluding hydrogens is 542 g/mol. The van der Waals surface area contributed by atoms with Crippen LogP contribution in [-0.2, 0) is 21.2 Å². The maximum atomic E-state index is 13.9. The Balaban J connectivity index is 1.30. The van der Waals surface area contributed by atoms with Crippen LogP contribution in [0, 0.1) is 5.41 Å². The number of sulfonamides is 1. The maximum absolute atomic E-state index is 13.9. The van der Waals surface area contributed by atoms with E-state index in [0.29, 0.717) is 23.3 Å². The number of hydrogen-bond donors (Lipinski definition) is 3. The average Bonchev–Trinajstić information content (AvgIpc) is 3.59. The van der Waals surface area contributed by atoms with Crippen molar-refractivity contribution in [3.63, 3.8) is 0 Å². The standard InChI is InChI=1S/C30H41N5O5S/c1-21-20-35(13-15-40-21)27-19-24(17-22-5-10-33(2)28(22)27)31-29(37)25-4-3-23(32-41(38,39)16-14-36)18-26(25)34-11-8-30(6-7-30)9-12-34/h3-4,17-19,21,32,36H,5-16,20H2,1-2H3,(H,31,37)/t21-/m0/s1. The van der Waals surface area contributed by atoms with E-state index >= 15 is 0 Å². The number of carbonyl (C=O) groups excluding carboxylic acids is 1. The van der Waals surface area contributed by atoms with Gasteiger partial charge in [-0.2, -0.15) is 0 Å². The number of aliphatic hydroxyl groups is 1. The summed E-state index contributed by atoms with van der Waals surface area (Å²) in [5.74, 6) is -0.599. The minimum atomic E-state index is -3.69. The molecule has 2 aromatic rings. The Morgan fingerprint density at radius 1 is 1.02 bits per heavy atom. The number of aliphatic hydroxyl groups excluding tert-OH is 1. The quantitative estimate of drug-likeness (QED) is 0.434. The number of nitrogens with zero attached hydrogens (tertiary/aromatic N) is 3. The highest BCUT2D eigenvalue weighted by Gasteiger charge is 2.44. The fourth-order valence-corrected chi connectivity index (χ4v) is 7.38. The molecule has 6 rings (SSSR count). The molecule has 222 valence electrons. The lowest BCUT2D eigenvalue weighted by atomic mass is 9.93. The molecule has 2 aromatic carbocycles. The largest absolute Gasteiger partial charge is 0.395 e. The molecule has 1 amide bonds. The number of nitrogens with one attached hydrogen (secondary N) is 2. The van der Waals surface area contributed by atoms with Gasteiger partial charge in [0, 0.05) is 45.5 Å². The van der Waals surface area contributed by atoms with E-state index in [9.17, 15) is 13.2 Å². The summed E-state index contributed by atoms with van der Waals surface area (Å²) in [6.45, 7) is 6.50. The number of anilines is 5. The first-order valence-corrected chi connectivity index (χ1v) is 16.4. The second kappa shape index (κ2) is 11.0. The van der Waals surface area contributed by atoms with Gasteiger partial charge in [-0.05, 0) is 80.3 Å². The summed E-state index contributed by atoms with van der Waals surface area (Å²) in [6, 6.07) is 9.24. The maximum Gasteiger partial charge on any atom is 0.257 e. The highest BCUT2D eigenvalue weighted by Crippen LogP contribution is 2.54. The normalized spacial score (nSPS) is 21.6. The van der Waals surface area contributed by atoms with Crippen LogP contribution in [0.4, 0.5) is 28.4 Å². The fraction of sp³-hybridized carbons (Fsp3) is 0.567. The predicted octanol–water partition coefficient (Wildman–Crippen LogP) is 3.27. The number of ether oxygens (including phenoxy) is 1. The fourth-order valence-electron chi connectivity index (χ4n) is 6.56. The lowest BCUT2D eigenvalue weighted by Gasteiger charge is -2.35. The van der Waals surface area contributed by atoms with E-state index in [1.54, 1.807) is 18.2 Å². The number of likely N-dealkylation sites (N-methyl/N-ethyl adjacent to an activating group) is 1. The molecule has 0 aromatic heterocycles. The van der Waals surface area contributed by atoms with Crippen molar-refractivity contribution in [2.45, 2.75) is 45.1 Å². The first-order valence-electron chi connectivity index (χ1n) is 14.7. The Hall–Kier alpha value is -3.02. The smallest absolute Gasteiger partial charge is 0.257 e. The molecule has 1 aliphatic carbocycles. The third-order valence-electron chi connectivity index (χ3n) is 9.10. The number of amides is 1. The van der Waals surface area contributed by atoms with Crippen LogP contribution in [0.1, 0.15) is 48.5 Å². The minimum Gasteiger partial charge on any atom is -0.395 e. The van der Waals surface area contributed by atoms with Gasteiger partial charge in [0.05, 0.1) is 53.4 Å². The third kappa shape index (κ3) is 5.98. The van der Waals surface area contributed by atoms with Crippen molar-refractivity contribution in [3.05, 3.63) is 41.5 Å². The van der Waals surface area contributed by atoms with E-state index in [-0.39, 0.29) is 17.8 Å². The van der Waals surface area contributed by atoms with E-state index in [1.807, 2.05) is 0 Å². The van der Waals surface area contributed by atoms with Crippen molar-refractivity contribution in [2.24, 2.45) is 5.41 Å². The van der Waals surface area contributed by atoms with Crippen molar-refractivity contribution < 1.29 is 23.1 Å². The lowest BCUT2D eigenvalue weighted by Crippen LogP contribution is -2.41. The molecule has 11 heteroatoms. The number of carbonyl (C=O) groups is 1. The molecule has 0 bridgehead atoms. The number of morpholine rings is 1. The molecule has 3 N–H and O–H groups in total. The van der Waals surface area contributed by atoms with Crippen LogP contribution in [-0.4, -0.2) is 84.3 Å². The second-order valence-electron chi connectivity index (χ2n) is 12.1. The van der Waals surface area contributed by atoms with E-state index < -0.39 is 16.6 Å². The number of benzene rings is 2. The van der Waals surface area contributed by atoms with Crippen LogP contribution < -0.4 is 24.7 Å². The second-order valence-corrected chi connectivity index (χ2v) is 14.0. The van der Waals surface area contributed by atoms with Gasteiger partial charge < -0.3 is 29.9 Å². The monoisotopic (exact) mass is 583 g/mol. The third-order valence-corrected chi connectivity index (χ3v) is 10.4. The summed E-state index contributed by atoms with van der Waals surface area (Å²) < 4.78 is 33.1. The van der Waals surface area contributed by atoms with Crippen molar-refractivity contribution in [1.82, 2.24) is 0 Å². The molecule has 0 unspecified atom stereocenters. The summed E-state index contributed by atoms with van der Waals surface area (Å²) in [6.07, 6.45) is 5.76. The highest BCUT2D eigenvalue weighted by molar-refractivity contribution is 7.92. The van der Waals surface area contributed by atoms with Gasteiger partial charge in [-0.3, -0.25) is 9.52 Å². The molecule has 3 aliphatic heterocycles. The van der Waals surface area contributed by atoms with Gasteiger partial charge in [-0.1, -0.05) is 0 Å². The molecular formula is C30H41N5O5S. The number of fused-ring (bicyclic) bond motifs is 1. The zero-order valence-corrected chi connectivity index (χ0v) is 24.8. The summed E-state index contributed by atoms with van der Waals surface area (Å²) >= 11 is 0. The van der Waals surface area contributed by atoms with Gasteiger partial charge >= 0.3 is 0 Å². The highest BCUT2D eigenvalue weighted by atomic mass is 32.2. The van der Waals surface area contributed by atoms with Crippen LogP contribution in [0.5, 0.6) is 0 Å². The van der Waals surface area contributed by atoms with Crippen molar-refractivity contribution in [3.8, 4) is 0 Å². The van der Waals surface area contributed by atoms with Crippen LogP contribution in [0.2, 0.25) is 0 Å². The Morgan fingerprint density at radius 2 is 1.78 bits per heavy atom. The van der Waals surface area contributed by atoms with Crippen LogP contribution in [0.15, 0.2) is 30.3 Å². The predicted molar refractivity (Wildman–Crippen MR) is 163 cm³/mol. The SMILES string of the molecule is C[C@H]1CN(c2cc(NC(=O)c3ccc(NS(=O)(=O)CCO)cc3N3CCC4(CC3)CC4)cc3c2N(C)CC3)CCO1. The molecule has 3 heterocycles. The average molecular weight is 584 g/mol. The molecule has 41 heavy (non-hydrogen) atoms. The van der Waals surface area contributed by atoms with E-state index in [2.05, 4.69) is 50.8 Å². The van der Waals surface area contributed by atoms with Crippen LogP contribution in [0.25, 0.3) is 0 Å². The van der Waals surface area contributed by atoms with Crippen molar-refractivity contribution in [1.29, 1.82) is 0 Å². The summed E-state index contributed by atoms with van der Waals surface area (Å²) in [7, 11) is -1.57. The Bertz CT molecular complexity index is 1420. The van der Waals surface area contributed by atoms with Crippen LogP contribution >= 0.6 is 0 Å². The molecule has 3 fully saturated rings. The lowest BCUT2D eigenvalue weighted by molar-refractivity contribution is 0.0532. The Labute approximate surface area is 242 Å². The first kappa shape index (κ1) is 28.1. The number of hydrogen-bond acceptors (Lipinski definition) is 8. The minimum absolute atomic E-state index is 0.138. The zero-order valence-electron chi connectivity index (χ0n) is 24.0. The number of piperidine rings is 1. The molecule has 10 nitrogen and oxygen atoms in total. The molecule has 1 atom stereocenters. The van der Waals surface area contributed by atoms with E-state index in [1.165, 1.54) is 24.1 Å². The molecule has 2 saturated heterocycles. The Morgan fingerprint density at radius 3 is 2.49 bits per heavy atom. The van der Waals surface area contributed by atoms with Crippen LogP contribution in [0.3, 0.4) is 0 Å². The summed E-state index contributed by atoms with van der Waals surface area (Å²) in [5.41, 5.74) is 6.41. The Kier molecular flexibility index (Phi) is 7.54. The van der Waals surface area contributed by atoms with Gasteiger partial charge in [-0.25, -0.2) is 8.42 Å². The summed E-state index contributed by atoms with van der Waals surface area (Å²) in [4.78, 5) is 20.7. The van der Waals surface area contributed by atoms with Crippen molar-refractivity contribution >= 4 is 44.4 Å². The van der Waals surface area contributed by atoms with Gasteiger partial charge in [0.2, 0.25) is 10.0 Å². The topological polar surface area (TPSA) is 114 Å². The van der Waals surface area contributed by atoms with E-state index in [0.717, 1.165) is 69.0 Å². The van der Waals surface area contributed by atoms with E-state index in [4.69, 9.17) is 9.84 Å². The molecule has 1 spiro atoms. The molecule has 0 radical (unpaired) electrons. The summed E-state index contributed by atoms with van der Waals surface area (Å²) in [5, 5.41) is 12.3. The van der Waals surface area contributed by atoms with Gasteiger partial charge in [-0.15, -0.1) is 0 Å². The van der Waals surface area contributed by atoms with Gasteiger partial charge in [0.15, 0.2) is 0 Å². The zero-order chi connectivity index (χ0) is 28.8. The molecule has 4 aliphatic rings. The first-order chi connectivity index (χ1) is 19.7. The van der Waals surface area contributed by atoms with Crippen molar-refractivity contribution in [2.75, 3.05) is 83.5 Å². The number of rotatable bonds is 8. The molecule has 1 saturated carbocycles. The van der Waals surface area contributed by atoms with Gasteiger partial charge in [0.1, 0.15) is 0 Å². The van der Waals surface area contributed by atoms with Gasteiger partial charge in [0.25, 0.3) is 5.91 Å².